The normalized spacial score (nSPS) is 32.8. The second-order valence-corrected chi connectivity index (χ2v) is 4.94. The van der Waals surface area contributed by atoms with Gasteiger partial charge in [0.25, 0.3) is 0 Å². The van der Waals surface area contributed by atoms with E-state index >= 15 is 0 Å². The Kier molecular flexibility index (Phi) is 3.67. The van der Waals surface area contributed by atoms with E-state index in [0.717, 1.165) is 0 Å². The average molecular weight is 244 g/mol. The van der Waals surface area contributed by atoms with Crippen molar-refractivity contribution in [2.45, 2.75) is 25.0 Å². The van der Waals surface area contributed by atoms with Gasteiger partial charge in [0.2, 0.25) is 5.91 Å². The molecule has 2 rings (SSSR count). The lowest BCUT2D eigenvalue weighted by atomic mass is 9.79. The fourth-order valence-electron chi connectivity index (χ4n) is 2.54. The molecule has 0 spiro atoms. The van der Waals surface area contributed by atoms with Gasteiger partial charge in [-0.1, -0.05) is 0 Å². The van der Waals surface area contributed by atoms with E-state index in [1.807, 2.05) is 0 Å². The Morgan fingerprint density at radius 1 is 1.29 bits per heavy atom. The summed E-state index contributed by atoms with van der Waals surface area (Å²) in [5.41, 5.74) is 5.18. The molecule has 2 saturated heterocycles. The van der Waals surface area contributed by atoms with Gasteiger partial charge in [0.05, 0.1) is 17.6 Å². The lowest BCUT2D eigenvalue weighted by Crippen LogP contribution is -2.50. The number of β-amino-alcohol motifs (C(OH)–C–C–N with tert-alkyl or cyclic N) is 2. The molecule has 2 aliphatic rings. The third-order valence-corrected chi connectivity index (χ3v) is 3.84. The molecule has 0 radical (unpaired) electrons. The second kappa shape index (κ2) is 4.89. The minimum atomic E-state index is -0.839. The maximum Gasteiger partial charge on any atom is 0.230 e. The minimum absolute atomic E-state index is 0.0566. The number of rotatable bonds is 2. The monoisotopic (exact) mass is 244 g/mol. The number of hydrogen-bond acceptors (Lipinski definition) is 5. The summed E-state index contributed by atoms with van der Waals surface area (Å²) in [7, 11) is 0. The Labute approximate surface area is 100 Å². The third-order valence-electron chi connectivity index (χ3n) is 3.84. The van der Waals surface area contributed by atoms with Crippen LogP contribution in [0.4, 0.5) is 0 Å². The second-order valence-electron chi connectivity index (χ2n) is 4.94. The van der Waals surface area contributed by atoms with Gasteiger partial charge in [-0.05, 0) is 12.8 Å². The number of nitrogens with zero attached hydrogens (tertiary/aromatic N) is 1. The van der Waals surface area contributed by atoms with E-state index in [-0.39, 0.29) is 25.5 Å². The van der Waals surface area contributed by atoms with Crippen LogP contribution >= 0.6 is 0 Å². The highest BCUT2D eigenvalue weighted by Gasteiger charge is 2.44. The van der Waals surface area contributed by atoms with Crippen LogP contribution in [-0.2, 0) is 9.53 Å². The Balaban J connectivity index is 2.07. The highest BCUT2D eigenvalue weighted by Crippen LogP contribution is 2.32. The van der Waals surface area contributed by atoms with Crippen LogP contribution in [0.25, 0.3) is 0 Å². The van der Waals surface area contributed by atoms with Crippen LogP contribution in [0.2, 0.25) is 0 Å². The lowest BCUT2D eigenvalue weighted by Gasteiger charge is -2.37. The van der Waals surface area contributed by atoms with Crippen LogP contribution < -0.4 is 5.73 Å². The van der Waals surface area contributed by atoms with E-state index in [0.29, 0.717) is 26.1 Å². The smallest absolute Gasteiger partial charge is 0.230 e. The summed E-state index contributed by atoms with van der Waals surface area (Å²) in [5.74, 6) is -0.0566. The van der Waals surface area contributed by atoms with Gasteiger partial charge in [0.1, 0.15) is 0 Å². The summed E-state index contributed by atoms with van der Waals surface area (Å²) in [6.45, 7) is 1.77. The fourth-order valence-corrected chi connectivity index (χ4v) is 2.54. The quantitative estimate of drug-likeness (QED) is 0.538. The van der Waals surface area contributed by atoms with Crippen LogP contribution in [0.5, 0.6) is 0 Å². The van der Waals surface area contributed by atoms with E-state index in [1.165, 1.54) is 4.90 Å². The molecule has 6 nitrogen and oxygen atoms in total. The zero-order valence-electron chi connectivity index (χ0n) is 9.84. The summed E-state index contributed by atoms with van der Waals surface area (Å²) >= 11 is 0. The zero-order chi connectivity index (χ0) is 12.5. The van der Waals surface area contributed by atoms with E-state index < -0.39 is 17.6 Å². The number of ether oxygens (including phenoxy) is 1. The van der Waals surface area contributed by atoms with Gasteiger partial charge < -0.3 is 25.6 Å². The molecule has 98 valence electrons. The summed E-state index contributed by atoms with van der Waals surface area (Å²) in [6.07, 6.45) is -0.446. The van der Waals surface area contributed by atoms with Crippen molar-refractivity contribution in [3.05, 3.63) is 0 Å². The van der Waals surface area contributed by atoms with Crippen LogP contribution in [0.15, 0.2) is 0 Å². The zero-order valence-corrected chi connectivity index (χ0v) is 9.84. The Morgan fingerprint density at radius 3 is 2.29 bits per heavy atom. The van der Waals surface area contributed by atoms with Crippen molar-refractivity contribution >= 4 is 5.91 Å². The topological polar surface area (TPSA) is 96.0 Å². The standard InChI is InChI=1S/C11H20N2O4/c12-7-11(1-3-17-4-2-11)10(16)13-5-8(14)9(15)6-13/h8-9,14-15H,1-7,12H2. The Hall–Kier alpha value is -0.690. The molecular formula is C11H20N2O4. The van der Waals surface area contributed by atoms with Crippen LogP contribution in [0.1, 0.15) is 12.8 Å². The number of likely N-dealkylation sites (tertiary alicyclic amines) is 1. The molecule has 4 N–H and O–H groups in total. The molecule has 0 aromatic rings. The van der Waals surface area contributed by atoms with Gasteiger partial charge in [-0.25, -0.2) is 0 Å². The molecule has 0 saturated carbocycles. The summed E-state index contributed by atoms with van der Waals surface area (Å²) < 4.78 is 5.26. The van der Waals surface area contributed by atoms with Crippen molar-refractivity contribution in [2.24, 2.45) is 11.1 Å². The van der Waals surface area contributed by atoms with Crippen LogP contribution in [0, 0.1) is 5.41 Å². The van der Waals surface area contributed by atoms with Crippen molar-refractivity contribution in [2.75, 3.05) is 32.8 Å². The number of aliphatic hydroxyl groups is 2. The number of carbonyl (C=O) groups is 1. The molecule has 1 amide bonds. The molecule has 2 heterocycles. The van der Waals surface area contributed by atoms with E-state index in [4.69, 9.17) is 10.5 Å². The van der Waals surface area contributed by atoms with Crippen molar-refractivity contribution in [3.8, 4) is 0 Å². The third kappa shape index (κ3) is 2.30. The number of amides is 1. The fraction of sp³-hybridized carbons (Fsp3) is 0.909. The molecular weight excluding hydrogens is 224 g/mol. The molecule has 0 aliphatic carbocycles. The number of aliphatic hydroxyl groups excluding tert-OH is 2. The molecule has 0 aromatic heterocycles. The van der Waals surface area contributed by atoms with Gasteiger partial charge in [-0.3, -0.25) is 4.79 Å². The van der Waals surface area contributed by atoms with E-state index in [9.17, 15) is 15.0 Å². The van der Waals surface area contributed by atoms with Gasteiger partial charge in [-0.2, -0.15) is 0 Å². The largest absolute Gasteiger partial charge is 0.388 e. The molecule has 2 atom stereocenters. The summed E-state index contributed by atoms with van der Waals surface area (Å²) in [6, 6.07) is 0. The number of hydrogen-bond donors (Lipinski definition) is 3. The Morgan fingerprint density at radius 2 is 1.82 bits per heavy atom. The first-order valence-corrected chi connectivity index (χ1v) is 6.02. The van der Waals surface area contributed by atoms with Crippen molar-refractivity contribution in [1.29, 1.82) is 0 Å². The molecule has 2 aliphatic heterocycles. The Bertz CT molecular complexity index is 281. The SMILES string of the molecule is NCC1(C(=O)N2CC(O)C(O)C2)CCOCC1. The van der Waals surface area contributed by atoms with Crippen LogP contribution in [0.3, 0.4) is 0 Å². The van der Waals surface area contributed by atoms with Crippen molar-refractivity contribution in [1.82, 2.24) is 4.90 Å². The average Bonchev–Trinajstić information content (AvgIpc) is 2.69. The summed E-state index contributed by atoms with van der Waals surface area (Å²) in [4.78, 5) is 13.9. The maximum atomic E-state index is 12.4. The minimum Gasteiger partial charge on any atom is -0.388 e. The predicted molar refractivity (Wildman–Crippen MR) is 60.1 cm³/mol. The van der Waals surface area contributed by atoms with Gasteiger partial charge in [-0.15, -0.1) is 0 Å². The first-order valence-electron chi connectivity index (χ1n) is 6.02. The number of nitrogens with two attached hydrogens (primary N) is 1. The van der Waals surface area contributed by atoms with Gasteiger partial charge in [0, 0.05) is 32.8 Å². The molecule has 2 fully saturated rings. The van der Waals surface area contributed by atoms with E-state index in [2.05, 4.69) is 0 Å². The number of carbonyl (C=O) groups excluding carboxylic acids is 1. The molecule has 2 unspecified atom stereocenters. The summed E-state index contributed by atoms with van der Waals surface area (Å²) in [5, 5.41) is 18.9. The molecule has 0 bridgehead atoms. The van der Waals surface area contributed by atoms with Crippen molar-refractivity contribution in [3.63, 3.8) is 0 Å². The molecule has 6 heteroatoms. The lowest BCUT2D eigenvalue weighted by molar-refractivity contribution is -0.146. The predicted octanol–water partition coefficient (Wildman–Crippen LogP) is -1.69. The van der Waals surface area contributed by atoms with Crippen LogP contribution in [-0.4, -0.2) is 66.1 Å². The van der Waals surface area contributed by atoms with Gasteiger partial charge in [0.15, 0.2) is 0 Å². The van der Waals surface area contributed by atoms with Crippen molar-refractivity contribution < 1.29 is 19.7 Å². The highest BCUT2D eigenvalue weighted by molar-refractivity contribution is 5.83. The van der Waals surface area contributed by atoms with Gasteiger partial charge >= 0.3 is 0 Å². The highest BCUT2D eigenvalue weighted by atomic mass is 16.5. The van der Waals surface area contributed by atoms with E-state index in [1.54, 1.807) is 0 Å². The molecule has 0 aromatic carbocycles. The first-order chi connectivity index (χ1) is 8.09. The maximum absolute atomic E-state index is 12.4. The first kappa shape index (κ1) is 12.8. The molecule has 17 heavy (non-hydrogen) atoms.